The summed E-state index contributed by atoms with van der Waals surface area (Å²) < 4.78 is 2.67. The average molecular weight is 333 g/mol. The van der Waals surface area contributed by atoms with Crippen molar-refractivity contribution >= 4 is 11.8 Å². The number of nitrogens with zero attached hydrogens (tertiary/aromatic N) is 3. The molecule has 0 amide bonds. The number of aromatic nitrogens is 2. The quantitative estimate of drug-likeness (QED) is 0.720. The second-order valence-electron chi connectivity index (χ2n) is 5.65. The first kappa shape index (κ1) is 17.6. The molecule has 0 aliphatic carbocycles. The molecule has 0 aliphatic heterocycles. The molecule has 0 unspecified atom stereocenters. The van der Waals surface area contributed by atoms with Gasteiger partial charge < -0.3 is 4.90 Å². The minimum Gasteiger partial charge on any atom is -0.301 e. The van der Waals surface area contributed by atoms with Crippen LogP contribution in [0, 0.1) is 0 Å². The number of thioether (sulfide) groups is 1. The van der Waals surface area contributed by atoms with Gasteiger partial charge in [-0.25, -0.2) is 4.79 Å². The van der Waals surface area contributed by atoms with Crippen molar-refractivity contribution in [2.24, 2.45) is 14.1 Å². The van der Waals surface area contributed by atoms with Gasteiger partial charge in [0.25, 0.3) is 5.56 Å². The van der Waals surface area contributed by atoms with E-state index in [-0.39, 0.29) is 11.2 Å². The molecular formula is C17H23N3O2S. The van der Waals surface area contributed by atoms with E-state index in [0.29, 0.717) is 5.75 Å². The van der Waals surface area contributed by atoms with Crippen LogP contribution in [0.1, 0.15) is 11.3 Å². The lowest BCUT2D eigenvalue weighted by molar-refractivity contribution is 0.348. The summed E-state index contributed by atoms with van der Waals surface area (Å²) in [6.07, 6.45) is 0. The summed E-state index contributed by atoms with van der Waals surface area (Å²) in [6.45, 7) is 1.88. The largest absolute Gasteiger partial charge is 0.330 e. The molecule has 0 atom stereocenters. The molecular weight excluding hydrogens is 310 g/mol. The maximum atomic E-state index is 11.9. The van der Waals surface area contributed by atoms with Gasteiger partial charge in [0.15, 0.2) is 0 Å². The first-order valence-electron chi connectivity index (χ1n) is 7.55. The summed E-state index contributed by atoms with van der Waals surface area (Å²) in [6, 6.07) is 11.9. The van der Waals surface area contributed by atoms with Crippen LogP contribution in [0.15, 0.2) is 46.0 Å². The van der Waals surface area contributed by atoms with Crippen molar-refractivity contribution in [2.45, 2.75) is 12.3 Å². The summed E-state index contributed by atoms with van der Waals surface area (Å²) in [5.74, 6) is 1.62. The molecule has 0 radical (unpaired) electrons. The SMILES string of the molecule is CN(CCSCc1cc(=O)n(C)c(=O)n1C)Cc1ccccc1. The Hall–Kier alpha value is -1.79. The molecule has 0 saturated carbocycles. The second kappa shape index (κ2) is 8.17. The molecule has 0 aliphatic rings. The molecule has 1 aromatic heterocycles. The van der Waals surface area contributed by atoms with Gasteiger partial charge in [-0.2, -0.15) is 11.8 Å². The highest BCUT2D eigenvalue weighted by Gasteiger charge is 2.06. The van der Waals surface area contributed by atoms with Crippen LogP contribution in [0.5, 0.6) is 0 Å². The van der Waals surface area contributed by atoms with Gasteiger partial charge in [-0.15, -0.1) is 0 Å². The molecule has 6 heteroatoms. The van der Waals surface area contributed by atoms with Crippen molar-refractivity contribution in [3.63, 3.8) is 0 Å². The van der Waals surface area contributed by atoms with Crippen LogP contribution in [-0.2, 0) is 26.4 Å². The minimum atomic E-state index is -0.269. The third kappa shape index (κ3) is 4.84. The molecule has 1 aromatic carbocycles. The van der Waals surface area contributed by atoms with E-state index in [2.05, 4.69) is 24.1 Å². The van der Waals surface area contributed by atoms with E-state index in [1.54, 1.807) is 29.4 Å². The van der Waals surface area contributed by atoms with Gasteiger partial charge in [0.05, 0.1) is 0 Å². The molecule has 124 valence electrons. The summed E-state index contributed by atoms with van der Waals surface area (Å²) in [4.78, 5) is 25.8. The van der Waals surface area contributed by atoms with E-state index in [1.165, 1.54) is 12.6 Å². The Labute approximate surface area is 140 Å². The Morgan fingerprint density at radius 2 is 1.78 bits per heavy atom. The number of hydrogen-bond donors (Lipinski definition) is 0. The maximum Gasteiger partial charge on any atom is 0.330 e. The molecule has 5 nitrogen and oxygen atoms in total. The third-order valence-electron chi connectivity index (χ3n) is 3.79. The third-order valence-corrected chi connectivity index (χ3v) is 4.76. The van der Waals surface area contributed by atoms with E-state index in [0.717, 1.165) is 29.1 Å². The van der Waals surface area contributed by atoms with Crippen molar-refractivity contribution in [3.05, 3.63) is 68.5 Å². The van der Waals surface area contributed by atoms with Crippen LogP contribution >= 0.6 is 11.8 Å². The van der Waals surface area contributed by atoms with E-state index >= 15 is 0 Å². The molecule has 2 aromatic rings. The fourth-order valence-electron chi connectivity index (χ4n) is 2.29. The summed E-state index contributed by atoms with van der Waals surface area (Å²) in [5.41, 5.74) is 1.56. The van der Waals surface area contributed by atoms with Gasteiger partial charge in [0.2, 0.25) is 0 Å². The van der Waals surface area contributed by atoms with Crippen molar-refractivity contribution in [1.29, 1.82) is 0 Å². The van der Waals surface area contributed by atoms with Crippen LogP contribution in [-0.4, -0.2) is 33.4 Å². The van der Waals surface area contributed by atoms with Crippen LogP contribution in [0.2, 0.25) is 0 Å². The van der Waals surface area contributed by atoms with Gasteiger partial charge in [0.1, 0.15) is 0 Å². The zero-order chi connectivity index (χ0) is 16.8. The lowest BCUT2D eigenvalue weighted by atomic mass is 10.2. The number of rotatable bonds is 7. The Balaban J connectivity index is 1.82. The molecule has 0 fully saturated rings. The number of benzene rings is 1. The highest BCUT2D eigenvalue weighted by Crippen LogP contribution is 2.10. The number of hydrogen-bond acceptors (Lipinski definition) is 4. The smallest absolute Gasteiger partial charge is 0.301 e. The van der Waals surface area contributed by atoms with Crippen LogP contribution in [0.3, 0.4) is 0 Å². The van der Waals surface area contributed by atoms with Crippen molar-refractivity contribution in [3.8, 4) is 0 Å². The zero-order valence-electron chi connectivity index (χ0n) is 13.9. The van der Waals surface area contributed by atoms with E-state index in [1.807, 2.05) is 18.2 Å². The lowest BCUT2D eigenvalue weighted by Crippen LogP contribution is -2.37. The average Bonchev–Trinajstić information content (AvgIpc) is 2.55. The second-order valence-corrected chi connectivity index (χ2v) is 6.76. The Bertz CT molecular complexity index is 753. The van der Waals surface area contributed by atoms with Crippen LogP contribution in [0.25, 0.3) is 0 Å². The summed E-state index contributed by atoms with van der Waals surface area (Å²) in [7, 11) is 5.31. The van der Waals surface area contributed by atoms with Crippen LogP contribution < -0.4 is 11.2 Å². The lowest BCUT2D eigenvalue weighted by Gasteiger charge is -2.16. The van der Waals surface area contributed by atoms with Gasteiger partial charge in [-0.05, 0) is 12.6 Å². The topological polar surface area (TPSA) is 47.2 Å². The Morgan fingerprint density at radius 3 is 2.48 bits per heavy atom. The highest BCUT2D eigenvalue weighted by molar-refractivity contribution is 7.98. The van der Waals surface area contributed by atoms with E-state index in [9.17, 15) is 9.59 Å². The zero-order valence-corrected chi connectivity index (χ0v) is 14.7. The minimum absolute atomic E-state index is 0.245. The molecule has 2 rings (SSSR count). The van der Waals surface area contributed by atoms with Crippen LogP contribution in [0.4, 0.5) is 0 Å². The maximum absolute atomic E-state index is 11.9. The predicted octanol–water partition coefficient (Wildman–Crippen LogP) is 1.45. The van der Waals surface area contributed by atoms with Crippen molar-refractivity contribution in [2.75, 3.05) is 19.3 Å². The Morgan fingerprint density at radius 1 is 1.09 bits per heavy atom. The Kier molecular flexibility index (Phi) is 6.24. The molecule has 0 bridgehead atoms. The fourth-order valence-corrected chi connectivity index (χ4v) is 3.36. The molecule has 0 spiro atoms. The molecule has 0 saturated heterocycles. The highest BCUT2D eigenvalue weighted by atomic mass is 32.2. The predicted molar refractivity (Wildman–Crippen MR) is 95.9 cm³/mol. The fraction of sp³-hybridized carbons (Fsp3) is 0.412. The first-order chi connectivity index (χ1) is 11.0. The first-order valence-corrected chi connectivity index (χ1v) is 8.70. The van der Waals surface area contributed by atoms with Crippen molar-refractivity contribution in [1.82, 2.24) is 14.0 Å². The van der Waals surface area contributed by atoms with Gasteiger partial charge in [-0.1, -0.05) is 30.3 Å². The molecule has 1 heterocycles. The summed E-state index contributed by atoms with van der Waals surface area (Å²) >= 11 is 1.73. The normalized spacial score (nSPS) is 11.1. The van der Waals surface area contributed by atoms with E-state index in [4.69, 9.17) is 0 Å². The van der Waals surface area contributed by atoms with Crippen molar-refractivity contribution < 1.29 is 0 Å². The monoisotopic (exact) mass is 333 g/mol. The van der Waals surface area contributed by atoms with Gasteiger partial charge in [0, 0.05) is 50.5 Å². The molecule has 23 heavy (non-hydrogen) atoms. The van der Waals surface area contributed by atoms with E-state index < -0.39 is 0 Å². The van der Waals surface area contributed by atoms with Gasteiger partial charge >= 0.3 is 5.69 Å². The summed E-state index contributed by atoms with van der Waals surface area (Å²) in [5, 5.41) is 0. The van der Waals surface area contributed by atoms with Gasteiger partial charge in [-0.3, -0.25) is 13.9 Å². The standard InChI is InChI=1S/C17H23N3O2S/c1-18(12-14-7-5-4-6-8-14)9-10-23-13-15-11-16(21)20(3)17(22)19(15)2/h4-8,11H,9-10,12-13H2,1-3H3. The molecule has 0 N–H and O–H groups in total.